The van der Waals surface area contributed by atoms with Gasteiger partial charge in [-0.1, -0.05) is 42.5 Å². The molecule has 0 atom stereocenters. The van der Waals surface area contributed by atoms with E-state index in [4.69, 9.17) is 0 Å². The van der Waals surface area contributed by atoms with Crippen molar-refractivity contribution in [3.05, 3.63) is 54.6 Å². The van der Waals surface area contributed by atoms with E-state index in [0.29, 0.717) is 5.75 Å². The van der Waals surface area contributed by atoms with Crippen LogP contribution in [0.1, 0.15) is 0 Å². The van der Waals surface area contributed by atoms with Crippen LogP contribution in [0, 0.1) is 0 Å². The zero-order valence-electron chi connectivity index (χ0n) is 10.2. The third-order valence-electron chi connectivity index (χ3n) is 2.61. The first-order chi connectivity index (χ1) is 8.79. The number of nitrogens with one attached hydrogen (secondary N) is 1. The average molecular weight is 257 g/mol. The van der Waals surface area contributed by atoms with Gasteiger partial charge in [-0.25, -0.2) is 0 Å². The second kappa shape index (κ2) is 6.26. The number of hydrogen-bond donors (Lipinski definition) is 1. The van der Waals surface area contributed by atoms with Crippen LogP contribution in [-0.2, 0) is 4.79 Å². The molecule has 0 fully saturated rings. The van der Waals surface area contributed by atoms with E-state index in [1.54, 1.807) is 18.8 Å². The molecule has 0 aliphatic heterocycles. The van der Waals surface area contributed by atoms with Crippen molar-refractivity contribution in [2.24, 2.45) is 0 Å². The summed E-state index contributed by atoms with van der Waals surface area (Å²) in [6.07, 6.45) is 0. The molecular formula is C15H15NOS. The van der Waals surface area contributed by atoms with Crippen LogP contribution in [0.4, 0.5) is 0 Å². The SMILES string of the molecule is CNC(=O)CSc1ccc(-c2ccccc2)cc1. The maximum atomic E-state index is 11.1. The Hall–Kier alpha value is -1.74. The molecule has 0 saturated heterocycles. The molecule has 18 heavy (non-hydrogen) atoms. The molecule has 0 radical (unpaired) electrons. The Kier molecular flexibility index (Phi) is 4.42. The first-order valence-electron chi connectivity index (χ1n) is 5.78. The van der Waals surface area contributed by atoms with Crippen LogP contribution in [0.2, 0.25) is 0 Å². The van der Waals surface area contributed by atoms with E-state index < -0.39 is 0 Å². The maximum Gasteiger partial charge on any atom is 0.230 e. The Balaban J connectivity index is 2.04. The lowest BCUT2D eigenvalue weighted by atomic mass is 10.1. The Morgan fingerprint density at radius 1 is 1.00 bits per heavy atom. The molecule has 3 heteroatoms. The van der Waals surface area contributed by atoms with E-state index in [9.17, 15) is 4.79 Å². The van der Waals surface area contributed by atoms with Crippen molar-refractivity contribution in [2.45, 2.75) is 4.90 Å². The highest BCUT2D eigenvalue weighted by Crippen LogP contribution is 2.23. The van der Waals surface area contributed by atoms with Crippen molar-refractivity contribution >= 4 is 17.7 Å². The Bertz CT molecular complexity index is 508. The molecule has 0 heterocycles. The molecule has 0 aliphatic rings. The molecule has 2 aromatic rings. The summed E-state index contributed by atoms with van der Waals surface area (Å²) in [4.78, 5) is 12.3. The Morgan fingerprint density at radius 2 is 1.61 bits per heavy atom. The lowest BCUT2D eigenvalue weighted by Crippen LogP contribution is -2.19. The highest BCUT2D eigenvalue weighted by Gasteiger charge is 2.01. The normalized spacial score (nSPS) is 10.1. The smallest absolute Gasteiger partial charge is 0.230 e. The van der Waals surface area contributed by atoms with Gasteiger partial charge in [-0.15, -0.1) is 11.8 Å². The van der Waals surface area contributed by atoms with Crippen LogP contribution >= 0.6 is 11.8 Å². The number of hydrogen-bond acceptors (Lipinski definition) is 2. The van der Waals surface area contributed by atoms with Gasteiger partial charge in [0.1, 0.15) is 0 Å². The molecule has 2 nitrogen and oxygen atoms in total. The van der Waals surface area contributed by atoms with Crippen molar-refractivity contribution in [1.82, 2.24) is 5.32 Å². The van der Waals surface area contributed by atoms with Gasteiger partial charge in [0.25, 0.3) is 0 Å². The van der Waals surface area contributed by atoms with Gasteiger partial charge in [0.15, 0.2) is 0 Å². The third-order valence-corrected chi connectivity index (χ3v) is 3.62. The molecule has 0 spiro atoms. The fourth-order valence-corrected chi connectivity index (χ4v) is 2.37. The topological polar surface area (TPSA) is 29.1 Å². The molecular weight excluding hydrogens is 242 g/mol. The quantitative estimate of drug-likeness (QED) is 0.852. The fourth-order valence-electron chi connectivity index (χ4n) is 1.60. The van der Waals surface area contributed by atoms with E-state index in [1.807, 2.05) is 18.2 Å². The highest BCUT2D eigenvalue weighted by molar-refractivity contribution is 8.00. The van der Waals surface area contributed by atoms with E-state index in [1.165, 1.54) is 11.1 Å². The largest absolute Gasteiger partial charge is 0.358 e. The minimum Gasteiger partial charge on any atom is -0.358 e. The number of rotatable bonds is 4. The summed E-state index contributed by atoms with van der Waals surface area (Å²) in [5.41, 5.74) is 2.40. The monoisotopic (exact) mass is 257 g/mol. The molecule has 1 N–H and O–H groups in total. The minimum atomic E-state index is 0.0483. The molecule has 0 aliphatic carbocycles. The summed E-state index contributed by atoms with van der Waals surface area (Å²) in [7, 11) is 1.65. The second-order valence-electron chi connectivity index (χ2n) is 3.85. The standard InChI is InChI=1S/C15H15NOS/c1-16-15(17)11-18-14-9-7-13(8-10-14)12-5-3-2-4-6-12/h2-10H,11H2,1H3,(H,16,17). The first kappa shape index (κ1) is 12.7. The zero-order chi connectivity index (χ0) is 12.8. The van der Waals surface area contributed by atoms with Crippen LogP contribution in [0.5, 0.6) is 0 Å². The lowest BCUT2D eigenvalue weighted by Gasteiger charge is -2.04. The minimum absolute atomic E-state index is 0.0483. The summed E-state index contributed by atoms with van der Waals surface area (Å²) in [5, 5.41) is 2.61. The summed E-state index contributed by atoms with van der Waals surface area (Å²) >= 11 is 1.54. The number of benzene rings is 2. The number of carbonyl (C=O) groups excluding carboxylic acids is 1. The number of amides is 1. The molecule has 0 unspecified atom stereocenters. The molecule has 0 bridgehead atoms. The first-order valence-corrected chi connectivity index (χ1v) is 6.77. The molecule has 1 amide bonds. The van der Waals surface area contributed by atoms with E-state index in [2.05, 4.69) is 41.7 Å². The predicted molar refractivity (Wildman–Crippen MR) is 76.7 cm³/mol. The van der Waals surface area contributed by atoms with E-state index in [0.717, 1.165) is 4.90 Å². The Morgan fingerprint density at radius 3 is 2.22 bits per heavy atom. The zero-order valence-corrected chi connectivity index (χ0v) is 11.0. The van der Waals surface area contributed by atoms with Crippen LogP contribution in [0.25, 0.3) is 11.1 Å². The summed E-state index contributed by atoms with van der Waals surface area (Å²) in [6.45, 7) is 0. The van der Waals surface area contributed by atoms with E-state index >= 15 is 0 Å². The van der Waals surface area contributed by atoms with Gasteiger partial charge >= 0.3 is 0 Å². The van der Waals surface area contributed by atoms with Crippen LogP contribution in [0.3, 0.4) is 0 Å². The maximum absolute atomic E-state index is 11.1. The van der Waals surface area contributed by atoms with Gasteiger partial charge in [-0.05, 0) is 23.3 Å². The van der Waals surface area contributed by atoms with Crippen LogP contribution < -0.4 is 5.32 Å². The molecule has 92 valence electrons. The van der Waals surface area contributed by atoms with Crippen LogP contribution in [-0.4, -0.2) is 18.7 Å². The third kappa shape index (κ3) is 3.37. The summed E-state index contributed by atoms with van der Waals surface area (Å²) in [6, 6.07) is 18.5. The molecule has 0 aromatic heterocycles. The van der Waals surface area contributed by atoms with Gasteiger partial charge < -0.3 is 5.32 Å². The molecule has 0 saturated carbocycles. The van der Waals surface area contributed by atoms with Crippen molar-refractivity contribution in [3.8, 4) is 11.1 Å². The van der Waals surface area contributed by atoms with Gasteiger partial charge in [-0.2, -0.15) is 0 Å². The summed E-state index contributed by atoms with van der Waals surface area (Å²) in [5.74, 6) is 0.508. The van der Waals surface area contributed by atoms with Crippen molar-refractivity contribution in [3.63, 3.8) is 0 Å². The average Bonchev–Trinajstić information content (AvgIpc) is 2.46. The van der Waals surface area contributed by atoms with Crippen molar-refractivity contribution < 1.29 is 4.79 Å². The molecule has 2 rings (SSSR count). The van der Waals surface area contributed by atoms with E-state index in [-0.39, 0.29) is 5.91 Å². The van der Waals surface area contributed by atoms with Gasteiger partial charge in [0.2, 0.25) is 5.91 Å². The number of carbonyl (C=O) groups is 1. The van der Waals surface area contributed by atoms with Gasteiger partial charge in [0.05, 0.1) is 5.75 Å². The van der Waals surface area contributed by atoms with Gasteiger partial charge in [-0.3, -0.25) is 4.79 Å². The predicted octanol–water partition coefficient (Wildman–Crippen LogP) is 3.19. The van der Waals surface area contributed by atoms with Gasteiger partial charge in [0, 0.05) is 11.9 Å². The second-order valence-corrected chi connectivity index (χ2v) is 4.90. The molecule has 2 aromatic carbocycles. The Labute approximate surface area is 111 Å². The number of thioether (sulfide) groups is 1. The van der Waals surface area contributed by atoms with Crippen LogP contribution in [0.15, 0.2) is 59.5 Å². The van der Waals surface area contributed by atoms with Crippen molar-refractivity contribution in [1.29, 1.82) is 0 Å². The lowest BCUT2D eigenvalue weighted by molar-refractivity contribution is -0.118. The fraction of sp³-hybridized carbons (Fsp3) is 0.133. The van der Waals surface area contributed by atoms with Crippen molar-refractivity contribution in [2.75, 3.05) is 12.8 Å². The highest BCUT2D eigenvalue weighted by atomic mass is 32.2. The summed E-state index contributed by atoms with van der Waals surface area (Å²) < 4.78 is 0.